The van der Waals surface area contributed by atoms with E-state index < -0.39 is 0 Å². The molecule has 0 amide bonds. The molecule has 0 spiro atoms. The first-order valence-electron chi connectivity index (χ1n) is 5.55. The van der Waals surface area contributed by atoms with E-state index in [0.717, 1.165) is 34.1 Å². The van der Waals surface area contributed by atoms with Crippen molar-refractivity contribution in [2.45, 2.75) is 20.3 Å². The molecular formula is C13H15ClN2O. The fourth-order valence-electron chi connectivity index (χ4n) is 1.64. The lowest BCUT2D eigenvalue weighted by Crippen LogP contribution is -2.02. The van der Waals surface area contributed by atoms with Crippen LogP contribution in [0.4, 0.5) is 0 Å². The topological polar surface area (TPSA) is 37.9 Å². The third-order valence-corrected chi connectivity index (χ3v) is 2.75. The van der Waals surface area contributed by atoms with Gasteiger partial charge in [0.05, 0.1) is 12.3 Å². The quantitative estimate of drug-likeness (QED) is 0.904. The lowest BCUT2D eigenvalue weighted by atomic mass is 10.2. The summed E-state index contributed by atoms with van der Waals surface area (Å²) in [5, 5.41) is 7.80. The Hall–Kier alpha value is -1.48. The van der Waals surface area contributed by atoms with Gasteiger partial charge in [-0.3, -0.25) is 5.10 Å². The van der Waals surface area contributed by atoms with E-state index in [0.29, 0.717) is 6.61 Å². The van der Waals surface area contributed by atoms with Crippen LogP contribution >= 0.6 is 11.6 Å². The maximum atomic E-state index is 5.88. The van der Waals surface area contributed by atoms with Gasteiger partial charge in [0, 0.05) is 17.1 Å². The highest BCUT2D eigenvalue weighted by Gasteiger charge is 2.02. The number of hydrogen-bond donors (Lipinski definition) is 1. The summed E-state index contributed by atoms with van der Waals surface area (Å²) < 4.78 is 5.69. The highest BCUT2D eigenvalue weighted by Crippen LogP contribution is 2.21. The minimum atomic E-state index is 0.618. The molecule has 0 saturated carbocycles. The summed E-state index contributed by atoms with van der Waals surface area (Å²) in [4.78, 5) is 0. The number of aromatic amines is 1. The SMILES string of the molecule is Cc1cc(CCOc2ccc(Cl)cc2C)n[nH]1. The zero-order valence-corrected chi connectivity index (χ0v) is 10.7. The number of nitrogens with zero attached hydrogens (tertiary/aromatic N) is 1. The first-order valence-corrected chi connectivity index (χ1v) is 5.93. The number of halogens is 1. The summed E-state index contributed by atoms with van der Waals surface area (Å²) in [5.74, 6) is 0.877. The molecule has 1 aromatic carbocycles. The van der Waals surface area contributed by atoms with Crippen molar-refractivity contribution in [3.63, 3.8) is 0 Å². The van der Waals surface area contributed by atoms with Crippen LogP contribution in [-0.4, -0.2) is 16.8 Å². The Kier molecular flexibility index (Phi) is 3.69. The number of H-pyrrole nitrogens is 1. The van der Waals surface area contributed by atoms with Crippen LogP contribution in [-0.2, 0) is 6.42 Å². The number of nitrogens with one attached hydrogen (secondary N) is 1. The number of benzene rings is 1. The Morgan fingerprint density at radius 2 is 2.12 bits per heavy atom. The number of rotatable bonds is 4. The monoisotopic (exact) mass is 250 g/mol. The van der Waals surface area contributed by atoms with E-state index in [9.17, 15) is 0 Å². The summed E-state index contributed by atoms with van der Waals surface area (Å²) in [7, 11) is 0. The predicted molar refractivity (Wildman–Crippen MR) is 68.7 cm³/mol. The van der Waals surface area contributed by atoms with Crippen molar-refractivity contribution in [3.05, 3.63) is 46.2 Å². The minimum absolute atomic E-state index is 0.618. The molecule has 2 aromatic rings. The molecule has 0 aliphatic heterocycles. The summed E-state index contributed by atoms with van der Waals surface area (Å²) in [6, 6.07) is 7.66. The van der Waals surface area contributed by atoms with Gasteiger partial charge in [0.1, 0.15) is 5.75 Å². The molecule has 4 heteroatoms. The number of hydrogen-bond acceptors (Lipinski definition) is 2. The van der Waals surface area contributed by atoms with E-state index in [4.69, 9.17) is 16.3 Å². The van der Waals surface area contributed by atoms with Crippen LogP contribution in [0.3, 0.4) is 0 Å². The molecule has 2 rings (SSSR count). The van der Waals surface area contributed by atoms with Crippen LogP contribution < -0.4 is 4.74 Å². The van der Waals surface area contributed by atoms with E-state index in [1.807, 2.05) is 38.1 Å². The summed E-state index contributed by atoms with van der Waals surface area (Å²) in [5.41, 5.74) is 3.15. The van der Waals surface area contributed by atoms with Crippen molar-refractivity contribution in [2.24, 2.45) is 0 Å². The van der Waals surface area contributed by atoms with Crippen molar-refractivity contribution < 1.29 is 4.74 Å². The molecule has 0 unspecified atom stereocenters. The molecule has 0 bridgehead atoms. The standard InChI is InChI=1S/C13H15ClN2O/c1-9-7-11(14)3-4-13(9)17-6-5-12-8-10(2)15-16-12/h3-4,7-8H,5-6H2,1-2H3,(H,15,16). The summed E-state index contributed by atoms with van der Waals surface area (Å²) in [6.45, 7) is 4.59. The van der Waals surface area contributed by atoms with Crippen molar-refractivity contribution in [1.29, 1.82) is 0 Å². The van der Waals surface area contributed by atoms with E-state index in [2.05, 4.69) is 10.2 Å². The summed E-state index contributed by atoms with van der Waals surface area (Å²) in [6.07, 6.45) is 0.798. The lowest BCUT2D eigenvalue weighted by Gasteiger charge is -2.08. The molecule has 1 aromatic heterocycles. The largest absolute Gasteiger partial charge is 0.493 e. The molecule has 0 atom stereocenters. The maximum absolute atomic E-state index is 5.88. The van der Waals surface area contributed by atoms with Gasteiger partial charge in [-0.05, 0) is 43.7 Å². The van der Waals surface area contributed by atoms with Gasteiger partial charge in [-0.15, -0.1) is 0 Å². The molecule has 0 fully saturated rings. The third-order valence-electron chi connectivity index (χ3n) is 2.51. The molecule has 1 heterocycles. The molecule has 0 aliphatic carbocycles. The van der Waals surface area contributed by atoms with Crippen LogP contribution in [0.15, 0.2) is 24.3 Å². The van der Waals surface area contributed by atoms with Gasteiger partial charge in [0.2, 0.25) is 0 Å². The van der Waals surface area contributed by atoms with Crippen LogP contribution in [0.2, 0.25) is 5.02 Å². The Bertz CT molecular complexity index is 508. The lowest BCUT2D eigenvalue weighted by molar-refractivity contribution is 0.318. The molecule has 3 nitrogen and oxygen atoms in total. The Morgan fingerprint density at radius 3 is 2.76 bits per heavy atom. The highest BCUT2D eigenvalue weighted by molar-refractivity contribution is 6.30. The molecule has 0 aliphatic rings. The fourth-order valence-corrected chi connectivity index (χ4v) is 1.87. The Balaban J connectivity index is 1.90. The van der Waals surface area contributed by atoms with Gasteiger partial charge in [0.15, 0.2) is 0 Å². The second kappa shape index (κ2) is 5.23. The normalized spacial score (nSPS) is 10.5. The zero-order valence-electron chi connectivity index (χ0n) is 9.96. The number of aromatic nitrogens is 2. The number of aryl methyl sites for hydroxylation is 2. The van der Waals surface area contributed by atoms with Gasteiger partial charge in [-0.1, -0.05) is 11.6 Å². The van der Waals surface area contributed by atoms with Crippen LogP contribution in [0, 0.1) is 13.8 Å². The van der Waals surface area contributed by atoms with E-state index in [1.54, 1.807) is 0 Å². The maximum Gasteiger partial charge on any atom is 0.122 e. The highest BCUT2D eigenvalue weighted by atomic mass is 35.5. The van der Waals surface area contributed by atoms with Crippen LogP contribution in [0.5, 0.6) is 5.75 Å². The van der Waals surface area contributed by atoms with Crippen molar-refractivity contribution in [1.82, 2.24) is 10.2 Å². The predicted octanol–water partition coefficient (Wildman–Crippen LogP) is 3.30. The van der Waals surface area contributed by atoms with Crippen LogP contribution in [0.1, 0.15) is 17.0 Å². The van der Waals surface area contributed by atoms with Crippen molar-refractivity contribution in [3.8, 4) is 5.75 Å². The van der Waals surface area contributed by atoms with Gasteiger partial charge < -0.3 is 4.74 Å². The molecular weight excluding hydrogens is 236 g/mol. The Morgan fingerprint density at radius 1 is 1.29 bits per heavy atom. The first-order chi connectivity index (χ1) is 8.15. The Labute approximate surface area is 106 Å². The van der Waals surface area contributed by atoms with Gasteiger partial charge >= 0.3 is 0 Å². The van der Waals surface area contributed by atoms with Gasteiger partial charge in [-0.25, -0.2) is 0 Å². The molecule has 0 radical (unpaired) electrons. The third kappa shape index (κ3) is 3.24. The molecule has 1 N–H and O–H groups in total. The first kappa shape index (κ1) is 12.0. The van der Waals surface area contributed by atoms with E-state index >= 15 is 0 Å². The smallest absolute Gasteiger partial charge is 0.122 e. The van der Waals surface area contributed by atoms with Crippen molar-refractivity contribution >= 4 is 11.6 Å². The second-order valence-corrected chi connectivity index (χ2v) is 4.49. The molecule has 0 saturated heterocycles. The molecule has 17 heavy (non-hydrogen) atoms. The number of ether oxygens (including phenoxy) is 1. The fraction of sp³-hybridized carbons (Fsp3) is 0.308. The van der Waals surface area contributed by atoms with E-state index in [1.165, 1.54) is 0 Å². The van der Waals surface area contributed by atoms with Crippen molar-refractivity contribution in [2.75, 3.05) is 6.61 Å². The van der Waals surface area contributed by atoms with Gasteiger partial charge in [-0.2, -0.15) is 5.10 Å². The molecule has 90 valence electrons. The van der Waals surface area contributed by atoms with Crippen LogP contribution in [0.25, 0.3) is 0 Å². The zero-order chi connectivity index (χ0) is 12.3. The average molecular weight is 251 g/mol. The summed E-state index contributed by atoms with van der Waals surface area (Å²) >= 11 is 5.88. The minimum Gasteiger partial charge on any atom is -0.493 e. The van der Waals surface area contributed by atoms with Gasteiger partial charge in [0.25, 0.3) is 0 Å². The van der Waals surface area contributed by atoms with E-state index in [-0.39, 0.29) is 0 Å². The average Bonchev–Trinajstić information content (AvgIpc) is 2.68. The second-order valence-electron chi connectivity index (χ2n) is 4.05.